The van der Waals surface area contributed by atoms with Gasteiger partial charge in [-0.1, -0.05) is 18.2 Å². The minimum atomic E-state index is 0.417. The van der Waals surface area contributed by atoms with Gasteiger partial charge in [-0.3, -0.25) is 15.0 Å². The molecule has 27 heavy (non-hydrogen) atoms. The predicted octanol–water partition coefficient (Wildman–Crippen LogP) is 3.09. The standard InChI is InChI=1S/C21H18N6/c22-21-20(17-9-3-6-12-25-17)18(13-15-7-1-4-10-23-15)26-19(27-21)14-16-8-2-5-11-24-16/h1-12H,13-14H2,(H2,22,26,27). The normalized spacial score (nSPS) is 10.7. The summed E-state index contributed by atoms with van der Waals surface area (Å²) >= 11 is 0. The molecule has 132 valence electrons. The number of rotatable bonds is 5. The molecule has 2 N–H and O–H groups in total. The van der Waals surface area contributed by atoms with Gasteiger partial charge in [0, 0.05) is 36.4 Å². The number of pyridine rings is 3. The van der Waals surface area contributed by atoms with Crippen molar-refractivity contribution in [1.82, 2.24) is 24.9 Å². The van der Waals surface area contributed by atoms with E-state index in [0.717, 1.165) is 28.3 Å². The number of nitrogens with two attached hydrogens (primary N) is 1. The van der Waals surface area contributed by atoms with E-state index in [1.807, 2.05) is 54.6 Å². The van der Waals surface area contributed by atoms with Crippen LogP contribution in [0.2, 0.25) is 0 Å². The zero-order valence-corrected chi connectivity index (χ0v) is 14.7. The Morgan fingerprint density at radius 1 is 0.667 bits per heavy atom. The molecule has 0 aromatic carbocycles. The smallest absolute Gasteiger partial charge is 0.137 e. The molecule has 0 amide bonds. The van der Waals surface area contributed by atoms with Gasteiger partial charge in [-0.15, -0.1) is 0 Å². The van der Waals surface area contributed by atoms with E-state index in [0.29, 0.717) is 24.5 Å². The maximum atomic E-state index is 6.33. The van der Waals surface area contributed by atoms with Gasteiger partial charge in [-0.2, -0.15) is 0 Å². The highest BCUT2D eigenvalue weighted by atomic mass is 15.0. The molecule has 4 aromatic heterocycles. The lowest BCUT2D eigenvalue weighted by Crippen LogP contribution is -2.09. The lowest BCUT2D eigenvalue weighted by atomic mass is 10.1. The SMILES string of the molecule is Nc1nc(Cc2ccccn2)nc(Cc2ccccn2)c1-c1ccccn1. The maximum absolute atomic E-state index is 6.33. The molecule has 0 spiro atoms. The maximum Gasteiger partial charge on any atom is 0.137 e. The molecule has 0 radical (unpaired) electrons. The van der Waals surface area contributed by atoms with E-state index in [-0.39, 0.29) is 0 Å². The van der Waals surface area contributed by atoms with Gasteiger partial charge in [-0.05, 0) is 36.4 Å². The van der Waals surface area contributed by atoms with Crippen molar-refractivity contribution in [1.29, 1.82) is 0 Å². The summed E-state index contributed by atoms with van der Waals surface area (Å²) in [4.78, 5) is 22.5. The van der Waals surface area contributed by atoms with Gasteiger partial charge >= 0.3 is 0 Å². The molecule has 0 aliphatic rings. The number of hydrogen-bond acceptors (Lipinski definition) is 6. The van der Waals surface area contributed by atoms with Gasteiger partial charge < -0.3 is 5.73 Å². The van der Waals surface area contributed by atoms with E-state index < -0.39 is 0 Å². The quantitative estimate of drug-likeness (QED) is 0.592. The molecule has 4 aromatic rings. The van der Waals surface area contributed by atoms with Crippen molar-refractivity contribution < 1.29 is 0 Å². The fourth-order valence-corrected chi connectivity index (χ4v) is 2.92. The first kappa shape index (κ1) is 16.8. The molecule has 4 rings (SSSR count). The van der Waals surface area contributed by atoms with Crippen LogP contribution in [0.15, 0.2) is 73.2 Å². The monoisotopic (exact) mass is 354 g/mol. The van der Waals surface area contributed by atoms with Crippen LogP contribution in [0.4, 0.5) is 5.82 Å². The van der Waals surface area contributed by atoms with Crippen molar-refractivity contribution in [3.63, 3.8) is 0 Å². The summed E-state index contributed by atoms with van der Waals surface area (Å²) in [6.45, 7) is 0. The lowest BCUT2D eigenvalue weighted by molar-refractivity contribution is 0.895. The van der Waals surface area contributed by atoms with E-state index in [1.54, 1.807) is 18.6 Å². The van der Waals surface area contributed by atoms with Crippen molar-refractivity contribution in [3.05, 3.63) is 96.1 Å². The Kier molecular flexibility index (Phi) is 4.78. The highest BCUT2D eigenvalue weighted by Gasteiger charge is 2.16. The molecule has 0 saturated carbocycles. The van der Waals surface area contributed by atoms with Gasteiger partial charge in [-0.25, -0.2) is 9.97 Å². The van der Waals surface area contributed by atoms with Crippen LogP contribution < -0.4 is 5.73 Å². The summed E-state index contributed by atoms with van der Waals surface area (Å²) in [5.41, 5.74) is 10.5. The molecular formula is C21H18N6. The molecular weight excluding hydrogens is 336 g/mol. The second-order valence-corrected chi connectivity index (χ2v) is 6.06. The molecule has 6 nitrogen and oxygen atoms in total. The van der Waals surface area contributed by atoms with Crippen molar-refractivity contribution in [2.45, 2.75) is 12.8 Å². The zero-order valence-electron chi connectivity index (χ0n) is 14.7. The Labute approximate surface area is 157 Å². The van der Waals surface area contributed by atoms with Crippen LogP contribution >= 0.6 is 0 Å². The van der Waals surface area contributed by atoms with E-state index in [2.05, 4.69) is 19.9 Å². The third-order valence-electron chi connectivity index (χ3n) is 4.12. The van der Waals surface area contributed by atoms with Crippen LogP contribution in [0.3, 0.4) is 0 Å². The third kappa shape index (κ3) is 3.95. The van der Waals surface area contributed by atoms with E-state index in [9.17, 15) is 0 Å². The minimum Gasteiger partial charge on any atom is -0.383 e. The van der Waals surface area contributed by atoms with Crippen LogP contribution in [0, 0.1) is 0 Å². The first-order valence-corrected chi connectivity index (χ1v) is 8.66. The fraction of sp³-hybridized carbons (Fsp3) is 0.0952. The summed E-state index contributed by atoms with van der Waals surface area (Å²) < 4.78 is 0. The van der Waals surface area contributed by atoms with Crippen LogP contribution in [0.25, 0.3) is 11.3 Å². The molecule has 0 saturated heterocycles. The number of hydrogen-bond donors (Lipinski definition) is 1. The first-order valence-electron chi connectivity index (χ1n) is 8.66. The zero-order chi connectivity index (χ0) is 18.5. The van der Waals surface area contributed by atoms with Gasteiger partial charge in [0.1, 0.15) is 11.6 Å². The molecule has 0 aliphatic heterocycles. The van der Waals surface area contributed by atoms with Gasteiger partial charge in [0.25, 0.3) is 0 Å². The average Bonchev–Trinajstić information content (AvgIpc) is 2.70. The Morgan fingerprint density at radius 3 is 1.89 bits per heavy atom. The molecule has 0 atom stereocenters. The summed E-state index contributed by atoms with van der Waals surface area (Å²) in [7, 11) is 0. The number of anilines is 1. The summed E-state index contributed by atoms with van der Waals surface area (Å²) in [6.07, 6.45) is 6.34. The average molecular weight is 354 g/mol. The van der Waals surface area contributed by atoms with Crippen molar-refractivity contribution in [2.75, 3.05) is 5.73 Å². The van der Waals surface area contributed by atoms with E-state index >= 15 is 0 Å². The predicted molar refractivity (Wildman–Crippen MR) is 104 cm³/mol. The molecule has 4 heterocycles. The molecule has 0 fully saturated rings. The second-order valence-electron chi connectivity index (χ2n) is 6.06. The highest BCUT2D eigenvalue weighted by Crippen LogP contribution is 2.27. The Hall–Kier alpha value is -3.67. The Bertz CT molecular complexity index is 1020. The molecule has 6 heteroatoms. The summed E-state index contributed by atoms with van der Waals surface area (Å²) in [5, 5.41) is 0. The van der Waals surface area contributed by atoms with Crippen LogP contribution in [0.1, 0.15) is 22.9 Å². The van der Waals surface area contributed by atoms with Gasteiger partial charge in [0.15, 0.2) is 0 Å². The van der Waals surface area contributed by atoms with E-state index in [4.69, 9.17) is 10.7 Å². The molecule has 0 unspecified atom stereocenters. The van der Waals surface area contributed by atoms with E-state index in [1.165, 1.54) is 0 Å². The molecule has 0 aliphatic carbocycles. The number of nitrogens with zero attached hydrogens (tertiary/aromatic N) is 5. The van der Waals surface area contributed by atoms with Gasteiger partial charge in [0.2, 0.25) is 0 Å². The second kappa shape index (κ2) is 7.70. The highest BCUT2D eigenvalue weighted by molar-refractivity contribution is 5.73. The minimum absolute atomic E-state index is 0.417. The summed E-state index contributed by atoms with van der Waals surface area (Å²) in [5.74, 6) is 1.05. The van der Waals surface area contributed by atoms with Crippen LogP contribution in [-0.2, 0) is 12.8 Å². The largest absolute Gasteiger partial charge is 0.383 e. The fourth-order valence-electron chi connectivity index (χ4n) is 2.92. The van der Waals surface area contributed by atoms with Crippen molar-refractivity contribution in [3.8, 4) is 11.3 Å². The number of aromatic nitrogens is 5. The Morgan fingerprint density at radius 2 is 1.30 bits per heavy atom. The lowest BCUT2D eigenvalue weighted by Gasteiger charge is -2.13. The van der Waals surface area contributed by atoms with Crippen molar-refractivity contribution >= 4 is 5.82 Å². The topological polar surface area (TPSA) is 90.5 Å². The first-order chi connectivity index (χ1) is 13.3. The van der Waals surface area contributed by atoms with Crippen LogP contribution in [0.5, 0.6) is 0 Å². The molecule has 0 bridgehead atoms. The van der Waals surface area contributed by atoms with Gasteiger partial charge in [0.05, 0.1) is 23.4 Å². The van der Waals surface area contributed by atoms with Crippen molar-refractivity contribution in [2.24, 2.45) is 0 Å². The Balaban J connectivity index is 1.78. The van der Waals surface area contributed by atoms with Crippen LogP contribution in [-0.4, -0.2) is 24.9 Å². The number of nitrogen functional groups attached to an aromatic ring is 1. The summed E-state index contributed by atoms with van der Waals surface area (Å²) in [6, 6.07) is 17.3. The third-order valence-corrected chi connectivity index (χ3v) is 4.12.